The summed E-state index contributed by atoms with van der Waals surface area (Å²) in [6.07, 6.45) is 4.18. The lowest BCUT2D eigenvalue weighted by Crippen LogP contribution is -2.10. The fraction of sp³-hybridized carbons (Fsp3) is 0.583. The van der Waals surface area contributed by atoms with E-state index < -0.39 is 0 Å². The number of nitrogens with zero attached hydrogens (tertiary/aromatic N) is 2. The van der Waals surface area contributed by atoms with Gasteiger partial charge >= 0.3 is 0 Å². The minimum atomic E-state index is 1.03. The van der Waals surface area contributed by atoms with Gasteiger partial charge in [0.05, 0.1) is 0 Å². The first kappa shape index (κ1) is 12.9. The van der Waals surface area contributed by atoms with Gasteiger partial charge in [0.1, 0.15) is 5.82 Å². The highest BCUT2D eigenvalue weighted by molar-refractivity contribution is 5.38. The van der Waals surface area contributed by atoms with Crippen LogP contribution in [0.3, 0.4) is 0 Å². The van der Waals surface area contributed by atoms with E-state index in [4.69, 9.17) is 0 Å². The van der Waals surface area contributed by atoms with Crippen LogP contribution < -0.4 is 4.90 Å². The topological polar surface area (TPSA) is 16.1 Å². The van der Waals surface area contributed by atoms with E-state index in [9.17, 15) is 0 Å². The number of hydrogen-bond acceptors (Lipinski definition) is 2. The predicted molar refractivity (Wildman–Crippen MR) is 63.9 cm³/mol. The summed E-state index contributed by atoms with van der Waals surface area (Å²) in [5.74, 6) is 1.03. The Hall–Kier alpha value is -1.05. The summed E-state index contributed by atoms with van der Waals surface area (Å²) >= 11 is 0. The van der Waals surface area contributed by atoms with Crippen LogP contribution >= 0.6 is 0 Å². The van der Waals surface area contributed by atoms with Gasteiger partial charge in [-0.3, -0.25) is 0 Å². The summed E-state index contributed by atoms with van der Waals surface area (Å²) in [6.45, 7) is 6.40. The van der Waals surface area contributed by atoms with Crippen LogP contribution in [0.5, 0.6) is 0 Å². The van der Waals surface area contributed by atoms with Crippen molar-refractivity contribution >= 4 is 5.82 Å². The first-order valence-corrected chi connectivity index (χ1v) is 5.27. The second-order valence-electron chi connectivity index (χ2n) is 3.48. The molecule has 2 heteroatoms. The quantitative estimate of drug-likeness (QED) is 0.719. The third-order valence-corrected chi connectivity index (χ3v) is 1.68. The summed E-state index contributed by atoms with van der Waals surface area (Å²) in [6, 6.07) is 4.16. The highest BCUT2D eigenvalue weighted by Crippen LogP contribution is 2.09. The molecular weight excluding hydrogens is 172 g/mol. The number of anilines is 1. The van der Waals surface area contributed by atoms with Crippen molar-refractivity contribution in [2.75, 3.05) is 19.0 Å². The van der Waals surface area contributed by atoms with Gasteiger partial charge in [-0.15, -0.1) is 0 Å². The van der Waals surface area contributed by atoms with E-state index in [1.807, 2.05) is 31.3 Å². The van der Waals surface area contributed by atoms with Gasteiger partial charge in [-0.2, -0.15) is 0 Å². The molecule has 0 aromatic carbocycles. The number of aryl methyl sites for hydroxylation is 1. The molecule has 0 aliphatic heterocycles. The van der Waals surface area contributed by atoms with Crippen molar-refractivity contribution in [1.29, 1.82) is 0 Å². The van der Waals surface area contributed by atoms with Gasteiger partial charge in [-0.05, 0) is 24.1 Å². The molecule has 14 heavy (non-hydrogen) atoms. The predicted octanol–water partition coefficient (Wildman–Crippen LogP) is 3.13. The van der Waals surface area contributed by atoms with Crippen molar-refractivity contribution < 1.29 is 0 Å². The molecule has 0 spiro atoms. The zero-order valence-corrected chi connectivity index (χ0v) is 10.0. The molecule has 0 atom stereocenters. The Morgan fingerprint density at radius 1 is 1.21 bits per heavy atom. The number of rotatable bonds is 2. The molecule has 2 nitrogen and oxygen atoms in total. The Bertz CT molecular complexity index is 244. The van der Waals surface area contributed by atoms with E-state index >= 15 is 0 Å². The lowest BCUT2D eigenvalue weighted by molar-refractivity contribution is 1.04. The Morgan fingerprint density at radius 3 is 2.21 bits per heavy atom. The molecule has 0 aliphatic rings. The SMILES string of the molecule is CCC.CCc1ccnc(N(C)C)c1. The van der Waals surface area contributed by atoms with Crippen LogP contribution in [0.4, 0.5) is 5.82 Å². The largest absolute Gasteiger partial charge is 0.363 e. The Kier molecular flexibility index (Phi) is 6.81. The second kappa shape index (κ2) is 7.36. The molecule has 0 saturated carbocycles. The maximum absolute atomic E-state index is 4.21. The molecular formula is C12H22N2. The van der Waals surface area contributed by atoms with Crippen LogP contribution in [-0.4, -0.2) is 19.1 Å². The van der Waals surface area contributed by atoms with E-state index in [0.29, 0.717) is 0 Å². The molecule has 1 rings (SSSR count). The smallest absolute Gasteiger partial charge is 0.128 e. The van der Waals surface area contributed by atoms with Crippen molar-refractivity contribution in [3.8, 4) is 0 Å². The molecule has 1 heterocycles. The van der Waals surface area contributed by atoms with Gasteiger partial charge in [0.25, 0.3) is 0 Å². The lowest BCUT2D eigenvalue weighted by atomic mass is 10.2. The molecule has 0 N–H and O–H groups in total. The third kappa shape index (κ3) is 4.85. The molecule has 80 valence electrons. The van der Waals surface area contributed by atoms with Gasteiger partial charge in [0, 0.05) is 20.3 Å². The van der Waals surface area contributed by atoms with Crippen LogP contribution in [0.2, 0.25) is 0 Å². The van der Waals surface area contributed by atoms with Crippen molar-refractivity contribution in [3.05, 3.63) is 23.9 Å². The standard InChI is InChI=1S/C9H14N2.C3H8/c1-4-8-5-6-10-9(7-8)11(2)3;1-3-2/h5-7H,4H2,1-3H3;3H2,1-2H3. The number of aromatic nitrogens is 1. The Balaban J connectivity index is 0.000000500. The first-order chi connectivity index (χ1) is 6.65. The van der Waals surface area contributed by atoms with Crippen LogP contribution in [0.25, 0.3) is 0 Å². The molecule has 0 bridgehead atoms. The minimum Gasteiger partial charge on any atom is -0.363 e. The summed E-state index contributed by atoms with van der Waals surface area (Å²) < 4.78 is 0. The van der Waals surface area contributed by atoms with E-state index in [1.54, 1.807) is 0 Å². The van der Waals surface area contributed by atoms with Gasteiger partial charge in [-0.1, -0.05) is 27.2 Å². The summed E-state index contributed by atoms with van der Waals surface area (Å²) in [7, 11) is 4.00. The average Bonchev–Trinajstić information content (AvgIpc) is 2.19. The monoisotopic (exact) mass is 194 g/mol. The van der Waals surface area contributed by atoms with Crippen LogP contribution in [0, 0.1) is 0 Å². The molecule has 0 unspecified atom stereocenters. The van der Waals surface area contributed by atoms with Crippen LogP contribution in [-0.2, 0) is 6.42 Å². The zero-order valence-electron chi connectivity index (χ0n) is 10.0. The average molecular weight is 194 g/mol. The van der Waals surface area contributed by atoms with Crippen LogP contribution in [0.15, 0.2) is 18.3 Å². The van der Waals surface area contributed by atoms with Gasteiger partial charge < -0.3 is 4.90 Å². The minimum absolute atomic E-state index is 1.03. The highest BCUT2D eigenvalue weighted by atomic mass is 15.1. The zero-order chi connectivity index (χ0) is 11.0. The van der Waals surface area contributed by atoms with E-state index in [-0.39, 0.29) is 0 Å². The Morgan fingerprint density at radius 2 is 1.79 bits per heavy atom. The number of pyridine rings is 1. The van der Waals surface area contributed by atoms with Gasteiger partial charge in [0.15, 0.2) is 0 Å². The molecule has 0 fully saturated rings. The molecule has 0 saturated heterocycles. The fourth-order valence-electron chi connectivity index (χ4n) is 0.925. The van der Waals surface area contributed by atoms with Crippen LogP contribution in [0.1, 0.15) is 32.8 Å². The van der Waals surface area contributed by atoms with Crippen molar-refractivity contribution in [3.63, 3.8) is 0 Å². The summed E-state index contributed by atoms with van der Waals surface area (Å²) in [4.78, 5) is 6.23. The van der Waals surface area contributed by atoms with Crippen molar-refractivity contribution in [2.24, 2.45) is 0 Å². The normalized spacial score (nSPS) is 8.93. The maximum Gasteiger partial charge on any atom is 0.128 e. The van der Waals surface area contributed by atoms with E-state index in [1.165, 1.54) is 12.0 Å². The molecule has 1 aromatic rings. The van der Waals surface area contributed by atoms with E-state index in [2.05, 4.69) is 31.8 Å². The number of hydrogen-bond donors (Lipinski definition) is 0. The van der Waals surface area contributed by atoms with Gasteiger partial charge in [0.2, 0.25) is 0 Å². The molecule has 0 amide bonds. The fourth-order valence-corrected chi connectivity index (χ4v) is 0.925. The van der Waals surface area contributed by atoms with Crippen molar-refractivity contribution in [2.45, 2.75) is 33.6 Å². The first-order valence-electron chi connectivity index (χ1n) is 5.27. The summed E-state index contributed by atoms with van der Waals surface area (Å²) in [5.41, 5.74) is 1.34. The summed E-state index contributed by atoms with van der Waals surface area (Å²) in [5, 5.41) is 0. The molecule has 0 radical (unpaired) electrons. The van der Waals surface area contributed by atoms with E-state index in [0.717, 1.165) is 12.2 Å². The highest BCUT2D eigenvalue weighted by Gasteiger charge is 1.95. The molecule has 1 aromatic heterocycles. The van der Waals surface area contributed by atoms with Gasteiger partial charge in [-0.25, -0.2) is 4.98 Å². The Labute approximate surface area is 88.0 Å². The third-order valence-electron chi connectivity index (χ3n) is 1.68. The second-order valence-corrected chi connectivity index (χ2v) is 3.48. The molecule has 0 aliphatic carbocycles. The lowest BCUT2D eigenvalue weighted by Gasteiger charge is -2.11. The van der Waals surface area contributed by atoms with Crippen molar-refractivity contribution in [1.82, 2.24) is 4.98 Å². The maximum atomic E-state index is 4.21.